The van der Waals surface area contributed by atoms with Crippen molar-refractivity contribution < 1.29 is 13.2 Å². The monoisotopic (exact) mass is 244 g/mol. The van der Waals surface area contributed by atoms with Gasteiger partial charge in [0, 0.05) is 5.56 Å². The van der Waals surface area contributed by atoms with Crippen molar-refractivity contribution in [2.75, 3.05) is 6.67 Å². The second-order valence-corrected chi connectivity index (χ2v) is 4.24. The van der Waals surface area contributed by atoms with Crippen LogP contribution in [0.15, 0.2) is 12.1 Å². The van der Waals surface area contributed by atoms with Gasteiger partial charge in [0.1, 0.15) is 11.6 Å². The number of aryl methyl sites for hydroxylation is 1. The van der Waals surface area contributed by atoms with Crippen LogP contribution in [0.5, 0.6) is 0 Å². The first kappa shape index (κ1) is 14.1. The first-order valence-corrected chi connectivity index (χ1v) is 6.21. The lowest BCUT2D eigenvalue weighted by Crippen LogP contribution is -1.97. The minimum absolute atomic E-state index is 0.158. The van der Waals surface area contributed by atoms with E-state index in [0.29, 0.717) is 24.8 Å². The van der Waals surface area contributed by atoms with Crippen LogP contribution in [0, 0.1) is 11.6 Å². The summed E-state index contributed by atoms with van der Waals surface area (Å²) in [7, 11) is 0. The molecule has 1 aromatic rings. The molecule has 0 fully saturated rings. The second-order valence-electron chi connectivity index (χ2n) is 4.24. The second kappa shape index (κ2) is 7.36. The fourth-order valence-corrected chi connectivity index (χ4v) is 1.91. The number of halogens is 3. The summed E-state index contributed by atoms with van der Waals surface area (Å²) in [5.41, 5.74) is 0.851. The third-order valence-electron chi connectivity index (χ3n) is 2.90. The Morgan fingerprint density at radius 3 is 2.06 bits per heavy atom. The van der Waals surface area contributed by atoms with Gasteiger partial charge in [0.15, 0.2) is 0 Å². The minimum Gasteiger partial charge on any atom is -0.251 e. The average Bonchev–Trinajstić information content (AvgIpc) is 2.28. The summed E-state index contributed by atoms with van der Waals surface area (Å²) in [4.78, 5) is 0. The highest BCUT2D eigenvalue weighted by Crippen LogP contribution is 2.17. The van der Waals surface area contributed by atoms with Gasteiger partial charge in [-0.3, -0.25) is 4.39 Å². The van der Waals surface area contributed by atoms with Crippen molar-refractivity contribution in [2.24, 2.45) is 0 Å². The maximum atomic E-state index is 13.5. The van der Waals surface area contributed by atoms with Crippen molar-refractivity contribution >= 4 is 0 Å². The maximum Gasteiger partial charge on any atom is 0.129 e. The molecular formula is C14H19F3. The lowest BCUT2D eigenvalue weighted by Gasteiger charge is -2.06. The van der Waals surface area contributed by atoms with Gasteiger partial charge in [0.05, 0.1) is 6.67 Å². The van der Waals surface area contributed by atoms with E-state index in [2.05, 4.69) is 0 Å². The summed E-state index contributed by atoms with van der Waals surface area (Å²) in [6, 6.07) is 2.83. The van der Waals surface area contributed by atoms with Crippen molar-refractivity contribution in [3.63, 3.8) is 0 Å². The number of rotatable bonds is 7. The van der Waals surface area contributed by atoms with E-state index in [-0.39, 0.29) is 12.2 Å². The average molecular weight is 244 g/mol. The fraction of sp³-hybridized carbons (Fsp3) is 0.571. The summed E-state index contributed by atoms with van der Waals surface area (Å²) < 4.78 is 38.7. The molecule has 0 spiro atoms. The van der Waals surface area contributed by atoms with Crippen molar-refractivity contribution in [1.82, 2.24) is 0 Å². The van der Waals surface area contributed by atoms with Gasteiger partial charge in [-0.05, 0) is 43.4 Å². The molecule has 0 radical (unpaired) electrons. The van der Waals surface area contributed by atoms with Gasteiger partial charge in [-0.25, -0.2) is 8.78 Å². The Morgan fingerprint density at radius 2 is 1.53 bits per heavy atom. The molecule has 0 saturated carbocycles. The zero-order valence-corrected chi connectivity index (χ0v) is 10.2. The highest BCUT2D eigenvalue weighted by Gasteiger charge is 2.08. The third kappa shape index (κ3) is 4.41. The number of alkyl halides is 1. The van der Waals surface area contributed by atoms with Gasteiger partial charge in [-0.2, -0.15) is 0 Å². The van der Waals surface area contributed by atoms with Crippen molar-refractivity contribution in [3.8, 4) is 0 Å². The van der Waals surface area contributed by atoms with Crippen LogP contribution >= 0.6 is 0 Å². The normalized spacial score (nSPS) is 10.8. The van der Waals surface area contributed by atoms with Crippen LogP contribution in [0.25, 0.3) is 0 Å². The van der Waals surface area contributed by atoms with Gasteiger partial charge in [-0.1, -0.05) is 19.8 Å². The van der Waals surface area contributed by atoms with Crippen molar-refractivity contribution in [1.29, 1.82) is 0 Å². The van der Waals surface area contributed by atoms with Gasteiger partial charge < -0.3 is 0 Å². The number of unbranched alkanes of at least 4 members (excludes halogenated alkanes) is 3. The highest BCUT2D eigenvalue weighted by atomic mass is 19.1. The summed E-state index contributed by atoms with van der Waals surface area (Å²) in [6.45, 7) is 1.45. The predicted molar refractivity (Wildman–Crippen MR) is 63.9 cm³/mol. The molecule has 1 rings (SSSR count). The van der Waals surface area contributed by atoms with E-state index in [9.17, 15) is 13.2 Å². The van der Waals surface area contributed by atoms with Gasteiger partial charge in [0.2, 0.25) is 0 Å². The molecule has 0 amide bonds. The van der Waals surface area contributed by atoms with E-state index < -0.39 is 11.6 Å². The Labute approximate surface area is 101 Å². The zero-order chi connectivity index (χ0) is 12.7. The topological polar surface area (TPSA) is 0 Å². The third-order valence-corrected chi connectivity index (χ3v) is 2.90. The van der Waals surface area contributed by atoms with Crippen LogP contribution in [0.1, 0.15) is 43.7 Å². The van der Waals surface area contributed by atoms with E-state index in [1.807, 2.05) is 0 Å². The van der Waals surface area contributed by atoms with E-state index in [1.165, 1.54) is 12.1 Å². The van der Waals surface area contributed by atoms with E-state index in [0.717, 1.165) is 19.3 Å². The lowest BCUT2D eigenvalue weighted by molar-refractivity contribution is 0.453. The molecule has 0 aliphatic carbocycles. The highest BCUT2D eigenvalue weighted by molar-refractivity contribution is 5.26. The van der Waals surface area contributed by atoms with Crippen LogP contribution in [-0.2, 0) is 12.8 Å². The molecule has 3 heteroatoms. The molecule has 0 unspecified atom stereocenters. The van der Waals surface area contributed by atoms with Gasteiger partial charge in [0.25, 0.3) is 0 Å². The van der Waals surface area contributed by atoms with Crippen LogP contribution in [0.2, 0.25) is 0 Å². The van der Waals surface area contributed by atoms with Crippen molar-refractivity contribution in [3.05, 3.63) is 34.9 Å². The van der Waals surface area contributed by atoms with Crippen LogP contribution in [0.3, 0.4) is 0 Å². The number of hydrogen-bond acceptors (Lipinski definition) is 0. The molecular weight excluding hydrogens is 225 g/mol. The molecule has 0 aliphatic rings. The lowest BCUT2D eigenvalue weighted by atomic mass is 10.0. The summed E-state index contributed by atoms with van der Waals surface area (Å²) in [5, 5.41) is 0. The summed E-state index contributed by atoms with van der Waals surface area (Å²) in [6.07, 6.45) is 4.21. The van der Waals surface area contributed by atoms with E-state index in [1.54, 1.807) is 6.92 Å². The maximum absolute atomic E-state index is 13.5. The summed E-state index contributed by atoms with van der Waals surface area (Å²) in [5.74, 6) is -0.905. The van der Waals surface area contributed by atoms with E-state index in [4.69, 9.17) is 0 Å². The molecule has 0 bridgehead atoms. The van der Waals surface area contributed by atoms with Crippen LogP contribution < -0.4 is 0 Å². The SMILES string of the molecule is CCc1c(F)cc(CCCCCCF)cc1F. The molecule has 0 aliphatic heterocycles. The Kier molecular flexibility index (Phi) is 6.09. The predicted octanol–water partition coefficient (Wildman–Crippen LogP) is 4.60. The molecule has 1 aromatic carbocycles. The zero-order valence-electron chi connectivity index (χ0n) is 10.2. The standard InChI is InChI=1S/C14H19F3/c1-2-12-13(16)9-11(10-14(12)17)7-5-3-4-6-8-15/h9-10H,2-8H2,1H3. The molecule has 17 heavy (non-hydrogen) atoms. The van der Waals surface area contributed by atoms with Gasteiger partial charge in [-0.15, -0.1) is 0 Å². The van der Waals surface area contributed by atoms with Gasteiger partial charge >= 0.3 is 0 Å². The first-order chi connectivity index (χ1) is 8.19. The fourth-order valence-electron chi connectivity index (χ4n) is 1.91. The summed E-state index contributed by atoms with van der Waals surface area (Å²) >= 11 is 0. The molecule has 0 aromatic heterocycles. The van der Waals surface area contributed by atoms with Crippen LogP contribution in [0.4, 0.5) is 13.2 Å². The number of benzene rings is 1. The smallest absolute Gasteiger partial charge is 0.129 e. The molecule has 0 nitrogen and oxygen atoms in total. The Morgan fingerprint density at radius 1 is 0.941 bits per heavy atom. The molecule has 0 N–H and O–H groups in total. The first-order valence-electron chi connectivity index (χ1n) is 6.21. The molecule has 0 saturated heterocycles. The minimum atomic E-state index is -0.453. The van der Waals surface area contributed by atoms with Crippen LogP contribution in [-0.4, -0.2) is 6.67 Å². The Balaban J connectivity index is 2.49. The van der Waals surface area contributed by atoms with E-state index >= 15 is 0 Å². The Bertz CT molecular complexity index is 324. The molecule has 0 atom stereocenters. The molecule has 96 valence electrons. The largest absolute Gasteiger partial charge is 0.251 e. The number of hydrogen-bond donors (Lipinski definition) is 0. The molecule has 0 heterocycles. The van der Waals surface area contributed by atoms with Crippen molar-refractivity contribution in [2.45, 2.75) is 45.4 Å². The quantitative estimate of drug-likeness (QED) is 0.615. The Hall–Kier alpha value is -0.990.